The Morgan fingerprint density at radius 3 is 2.50 bits per heavy atom. The van der Waals surface area contributed by atoms with Crippen molar-refractivity contribution in [2.75, 3.05) is 23.2 Å². The summed E-state index contributed by atoms with van der Waals surface area (Å²) in [6, 6.07) is 1.72. The fraction of sp³-hybridized carbons (Fsp3) is 0.600. The lowest BCUT2D eigenvalue weighted by molar-refractivity contribution is 0.457. The van der Waals surface area contributed by atoms with E-state index in [1.807, 2.05) is 4.90 Å². The zero-order chi connectivity index (χ0) is 13.0. The molecule has 0 radical (unpaired) electrons. The smallest absolute Gasteiger partial charge is 0.225 e. The number of alkyl halides is 1. The molecule has 0 bridgehead atoms. The van der Waals surface area contributed by atoms with Crippen LogP contribution in [0.3, 0.4) is 0 Å². The van der Waals surface area contributed by atoms with Gasteiger partial charge in [-0.25, -0.2) is 23.1 Å². The summed E-state index contributed by atoms with van der Waals surface area (Å²) in [4.78, 5) is 10.4. The molecule has 1 aromatic heterocycles. The lowest BCUT2D eigenvalue weighted by atomic mass is 10.1. The number of hydrogen-bond donors (Lipinski definition) is 1. The average Bonchev–Trinajstić information content (AvgIpc) is 2.40. The SMILES string of the molecule is O=S(=O)(CCl)NC1CCN(c2ncccn2)CC1. The van der Waals surface area contributed by atoms with Crippen LogP contribution in [0.4, 0.5) is 5.95 Å². The maximum Gasteiger partial charge on any atom is 0.225 e. The Kier molecular flexibility index (Phi) is 4.36. The Balaban J connectivity index is 1.89. The third-order valence-electron chi connectivity index (χ3n) is 2.82. The minimum atomic E-state index is -3.34. The standard InChI is InChI=1S/C10H15ClN4O2S/c11-8-18(16,17)14-9-2-6-15(7-3-9)10-12-4-1-5-13-10/h1,4-5,9,14H,2-3,6-8H2. The predicted molar refractivity (Wildman–Crippen MR) is 70.0 cm³/mol. The van der Waals surface area contributed by atoms with Gasteiger partial charge in [0.25, 0.3) is 0 Å². The van der Waals surface area contributed by atoms with Gasteiger partial charge in [-0.1, -0.05) is 0 Å². The van der Waals surface area contributed by atoms with Crippen LogP contribution in [0.5, 0.6) is 0 Å². The second-order valence-corrected chi connectivity index (χ2v) is 6.49. The largest absolute Gasteiger partial charge is 0.341 e. The van der Waals surface area contributed by atoms with Crippen molar-refractivity contribution in [2.24, 2.45) is 0 Å². The van der Waals surface area contributed by atoms with Crippen molar-refractivity contribution in [3.8, 4) is 0 Å². The summed E-state index contributed by atoms with van der Waals surface area (Å²) < 4.78 is 25.3. The highest BCUT2D eigenvalue weighted by Gasteiger charge is 2.23. The summed E-state index contributed by atoms with van der Waals surface area (Å²) in [5, 5.41) is -0.394. The van der Waals surface area contributed by atoms with Crippen LogP contribution in [0.2, 0.25) is 0 Å². The molecule has 1 N–H and O–H groups in total. The van der Waals surface area contributed by atoms with Crippen LogP contribution in [0, 0.1) is 0 Å². The first-order valence-electron chi connectivity index (χ1n) is 5.68. The molecule has 1 aliphatic heterocycles. The minimum absolute atomic E-state index is 0.0475. The molecule has 1 aromatic rings. The molecule has 0 saturated carbocycles. The number of sulfonamides is 1. The Morgan fingerprint density at radius 2 is 1.94 bits per heavy atom. The molecule has 0 unspecified atom stereocenters. The highest BCUT2D eigenvalue weighted by atomic mass is 35.5. The van der Waals surface area contributed by atoms with Crippen molar-refractivity contribution in [1.29, 1.82) is 0 Å². The van der Waals surface area contributed by atoms with Gasteiger partial charge in [-0.3, -0.25) is 0 Å². The normalized spacial score (nSPS) is 17.9. The van der Waals surface area contributed by atoms with Gasteiger partial charge < -0.3 is 4.90 Å². The van der Waals surface area contributed by atoms with Crippen LogP contribution in [-0.2, 0) is 10.0 Å². The van der Waals surface area contributed by atoms with Crippen LogP contribution < -0.4 is 9.62 Å². The van der Waals surface area contributed by atoms with E-state index < -0.39 is 15.2 Å². The summed E-state index contributed by atoms with van der Waals surface area (Å²) in [5.41, 5.74) is 0. The van der Waals surface area contributed by atoms with Crippen LogP contribution in [0.25, 0.3) is 0 Å². The first-order chi connectivity index (χ1) is 8.61. The minimum Gasteiger partial charge on any atom is -0.341 e. The van der Waals surface area contributed by atoms with Crippen molar-refractivity contribution in [3.05, 3.63) is 18.5 Å². The monoisotopic (exact) mass is 290 g/mol. The van der Waals surface area contributed by atoms with E-state index in [-0.39, 0.29) is 6.04 Å². The average molecular weight is 291 g/mol. The van der Waals surface area contributed by atoms with Crippen molar-refractivity contribution < 1.29 is 8.42 Å². The van der Waals surface area contributed by atoms with Crippen molar-refractivity contribution in [1.82, 2.24) is 14.7 Å². The topological polar surface area (TPSA) is 75.2 Å². The molecule has 100 valence electrons. The molecular formula is C10H15ClN4O2S. The number of nitrogens with zero attached hydrogens (tertiary/aromatic N) is 3. The summed E-state index contributed by atoms with van der Waals surface area (Å²) in [6.07, 6.45) is 4.86. The molecule has 6 nitrogen and oxygen atoms in total. The Hall–Kier alpha value is -0.920. The van der Waals surface area contributed by atoms with Crippen LogP contribution >= 0.6 is 11.6 Å². The van der Waals surface area contributed by atoms with E-state index in [1.165, 1.54) is 0 Å². The lowest BCUT2D eigenvalue weighted by Crippen LogP contribution is -2.45. The fourth-order valence-corrected chi connectivity index (χ4v) is 2.93. The molecule has 8 heteroatoms. The third kappa shape index (κ3) is 3.54. The van der Waals surface area contributed by atoms with E-state index in [2.05, 4.69) is 14.7 Å². The van der Waals surface area contributed by atoms with Crippen LogP contribution in [-0.4, -0.2) is 42.7 Å². The van der Waals surface area contributed by atoms with Crippen molar-refractivity contribution in [2.45, 2.75) is 18.9 Å². The number of rotatable bonds is 4. The van der Waals surface area contributed by atoms with E-state index >= 15 is 0 Å². The molecule has 0 atom stereocenters. The molecule has 1 saturated heterocycles. The predicted octanol–water partition coefficient (Wildman–Crippen LogP) is 0.561. The van der Waals surface area contributed by atoms with Gasteiger partial charge in [0.2, 0.25) is 16.0 Å². The van der Waals surface area contributed by atoms with E-state index in [0.717, 1.165) is 25.9 Å². The Labute approximate surface area is 111 Å². The highest BCUT2D eigenvalue weighted by molar-refractivity contribution is 7.90. The second kappa shape index (κ2) is 5.81. The zero-order valence-corrected chi connectivity index (χ0v) is 11.4. The number of nitrogens with one attached hydrogen (secondary N) is 1. The van der Waals surface area contributed by atoms with Gasteiger partial charge in [0.15, 0.2) is 0 Å². The number of piperidine rings is 1. The summed E-state index contributed by atoms with van der Waals surface area (Å²) in [7, 11) is -3.34. The van der Waals surface area contributed by atoms with Crippen molar-refractivity contribution >= 4 is 27.6 Å². The van der Waals surface area contributed by atoms with Crippen LogP contribution in [0.15, 0.2) is 18.5 Å². The van der Waals surface area contributed by atoms with Gasteiger partial charge in [-0.2, -0.15) is 0 Å². The quantitative estimate of drug-likeness (QED) is 0.820. The third-order valence-corrected chi connectivity index (χ3v) is 4.66. The zero-order valence-electron chi connectivity index (χ0n) is 9.79. The molecule has 1 aliphatic rings. The maximum absolute atomic E-state index is 11.3. The van der Waals surface area contributed by atoms with Crippen molar-refractivity contribution in [3.63, 3.8) is 0 Å². The van der Waals surface area contributed by atoms with Gasteiger partial charge in [-0.05, 0) is 18.9 Å². The van der Waals surface area contributed by atoms with Gasteiger partial charge >= 0.3 is 0 Å². The first kappa shape index (κ1) is 13.5. The lowest BCUT2D eigenvalue weighted by Gasteiger charge is -2.31. The summed E-state index contributed by atoms with van der Waals surface area (Å²) >= 11 is 5.36. The Bertz CT molecular complexity index is 474. The van der Waals surface area contributed by atoms with Crippen LogP contribution in [0.1, 0.15) is 12.8 Å². The molecule has 0 aliphatic carbocycles. The maximum atomic E-state index is 11.3. The number of anilines is 1. The first-order valence-corrected chi connectivity index (χ1v) is 7.87. The Morgan fingerprint density at radius 1 is 1.33 bits per heavy atom. The van der Waals surface area contributed by atoms with Gasteiger partial charge in [-0.15, -0.1) is 11.6 Å². The number of aromatic nitrogens is 2. The van der Waals surface area contributed by atoms with Gasteiger partial charge in [0.05, 0.1) is 0 Å². The summed E-state index contributed by atoms with van der Waals surface area (Å²) in [6.45, 7) is 1.47. The molecule has 0 amide bonds. The number of hydrogen-bond acceptors (Lipinski definition) is 5. The molecular weight excluding hydrogens is 276 g/mol. The molecule has 2 rings (SSSR count). The van der Waals surface area contributed by atoms with E-state index in [9.17, 15) is 8.42 Å². The molecule has 0 spiro atoms. The van der Waals surface area contributed by atoms with Gasteiger partial charge in [0.1, 0.15) is 5.21 Å². The summed E-state index contributed by atoms with van der Waals surface area (Å²) in [5.74, 6) is 0.691. The number of halogens is 1. The molecule has 2 heterocycles. The molecule has 0 aromatic carbocycles. The second-order valence-electron chi connectivity index (χ2n) is 4.15. The van der Waals surface area contributed by atoms with E-state index in [1.54, 1.807) is 18.5 Å². The molecule has 1 fully saturated rings. The fourth-order valence-electron chi connectivity index (χ4n) is 1.94. The van der Waals surface area contributed by atoms with Gasteiger partial charge in [0, 0.05) is 31.5 Å². The van der Waals surface area contributed by atoms with E-state index in [0.29, 0.717) is 5.95 Å². The highest BCUT2D eigenvalue weighted by Crippen LogP contribution is 2.15. The molecule has 18 heavy (non-hydrogen) atoms. The van der Waals surface area contributed by atoms with E-state index in [4.69, 9.17) is 11.6 Å².